The molecule has 2 nitrogen and oxygen atoms in total. The predicted molar refractivity (Wildman–Crippen MR) is 245 cm³/mol. The molecule has 0 amide bonds. The van der Waals surface area contributed by atoms with Gasteiger partial charge in [-0.3, -0.25) is 0 Å². The summed E-state index contributed by atoms with van der Waals surface area (Å²) in [6, 6.07) is 77.7. The molecule has 1 aromatic heterocycles. The van der Waals surface area contributed by atoms with E-state index in [4.69, 9.17) is 4.42 Å². The summed E-state index contributed by atoms with van der Waals surface area (Å²) in [4.78, 5) is 5.10. The molecule has 0 unspecified atom stereocenters. The van der Waals surface area contributed by atoms with Crippen molar-refractivity contribution in [3.05, 3.63) is 246 Å². The Morgan fingerprint density at radius 2 is 0.932 bits per heavy atom. The van der Waals surface area contributed by atoms with E-state index in [9.17, 15) is 0 Å². The molecule has 0 N–H and O–H groups in total. The van der Waals surface area contributed by atoms with E-state index in [2.05, 4.69) is 217 Å². The fraction of sp³-hybridized carbons (Fsp3) is 0.0357. The lowest BCUT2D eigenvalue weighted by atomic mass is 9.59. The largest absolute Gasteiger partial charge is 0.456 e. The Kier molecular flexibility index (Phi) is 7.79. The van der Waals surface area contributed by atoms with Gasteiger partial charge in [0, 0.05) is 27.3 Å². The molecule has 0 radical (unpaired) electrons. The molecule has 9 aromatic carbocycles. The van der Waals surface area contributed by atoms with Gasteiger partial charge in [-0.2, -0.15) is 0 Å². The van der Waals surface area contributed by atoms with Crippen molar-refractivity contribution in [1.82, 2.24) is 0 Å². The van der Waals surface area contributed by atoms with Crippen molar-refractivity contribution in [2.24, 2.45) is 0 Å². The monoisotopic (exact) mass is 771 g/mol. The van der Waals surface area contributed by atoms with Crippen molar-refractivity contribution in [1.29, 1.82) is 0 Å². The number of furan rings is 1. The fourth-order valence-corrected chi connectivity index (χ4v) is 11.1. The van der Waals surface area contributed by atoms with E-state index in [1.165, 1.54) is 71.1 Å². The van der Waals surface area contributed by atoms with Crippen LogP contribution in [0.2, 0.25) is 0 Å². The first-order valence-electron chi connectivity index (χ1n) is 20.3. The minimum atomic E-state index is -0.492. The Morgan fingerprint density at radius 3 is 1.66 bits per heavy atom. The van der Waals surface area contributed by atoms with Crippen LogP contribution < -0.4 is 4.90 Å². The van der Waals surface area contributed by atoms with Crippen LogP contribution in [0, 0.1) is 0 Å². The van der Waals surface area contributed by atoms with Crippen molar-refractivity contribution in [2.45, 2.75) is 21.6 Å². The van der Waals surface area contributed by atoms with Crippen LogP contribution in [0.3, 0.4) is 0 Å². The second kappa shape index (κ2) is 13.5. The highest BCUT2D eigenvalue weighted by Gasteiger charge is 2.49. The number of nitrogens with zero attached hydrogens (tertiary/aromatic N) is 1. The first-order valence-corrected chi connectivity index (χ1v) is 21.1. The Bertz CT molecular complexity index is 3150. The Morgan fingerprint density at radius 1 is 0.407 bits per heavy atom. The third-order valence-corrected chi connectivity index (χ3v) is 13.6. The number of para-hydroxylation sites is 1. The summed E-state index contributed by atoms with van der Waals surface area (Å²) in [6.07, 6.45) is 0.811. The average molecular weight is 772 g/mol. The molecule has 59 heavy (non-hydrogen) atoms. The van der Waals surface area contributed by atoms with Gasteiger partial charge >= 0.3 is 0 Å². The van der Waals surface area contributed by atoms with Gasteiger partial charge in [0.15, 0.2) is 0 Å². The summed E-state index contributed by atoms with van der Waals surface area (Å²) >= 11 is 1.89. The molecular formula is C56H37NOS. The van der Waals surface area contributed by atoms with Crippen LogP contribution in [-0.4, -0.2) is 0 Å². The van der Waals surface area contributed by atoms with E-state index < -0.39 is 5.41 Å². The zero-order chi connectivity index (χ0) is 38.9. The standard InChI is InChI=1S/C56H37NOS/c1-2-14-37(15-3-1)38-28-30-39(31-29-38)40-32-34-42(35-33-40)57(50-23-13-25-52-55(50)43-17-5-9-24-51(43)58-52)49-22-12-21-46-44(49)36-41-16-4-6-18-45(41)56(46)47-19-7-10-26-53(47)59-54-27-11-8-20-48(54)56/h1-35H,36H2. The summed E-state index contributed by atoms with van der Waals surface area (Å²) in [5, 5.41) is 2.22. The number of hydrogen-bond donors (Lipinski definition) is 0. The second-order valence-corrected chi connectivity index (χ2v) is 16.6. The van der Waals surface area contributed by atoms with Crippen molar-refractivity contribution >= 4 is 50.8 Å². The summed E-state index contributed by atoms with van der Waals surface area (Å²) < 4.78 is 6.53. The fourth-order valence-electron chi connectivity index (χ4n) is 9.91. The maximum Gasteiger partial charge on any atom is 0.137 e. The minimum absolute atomic E-state index is 0.492. The lowest BCUT2D eigenvalue weighted by Crippen LogP contribution is -2.38. The molecule has 0 atom stereocenters. The number of benzene rings is 9. The average Bonchev–Trinajstić information content (AvgIpc) is 3.69. The lowest BCUT2D eigenvalue weighted by Gasteiger charge is -2.47. The normalized spacial score (nSPS) is 13.4. The third kappa shape index (κ3) is 5.21. The molecule has 12 rings (SSSR count). The molecule has 0 bridgehead atoms. The van der Waals surface area contributed by atoms with Crippen LogP contribution >= 0.6 is 11.8 Å². The summed E-state index contributed by atoms with van der Waals surface area (Å²) in [5.41, 5.74) is 17.5. The molecule has 1 aliphatic heterocycles. The number of rotatable bonds is 5. The van der Waals surface area contributed by atoms with Crippen LogP contribution in [0.1, 0.15) is 33.4 Å². The van der Waals surface area contributed by atoms with Gasteiger partial charge in [-0.1, -0.05) is 176 Å². The summed E-state index contributed by atoms with van der Waals surface area (Å²) in [5.74, 6) is 0. The van der Waals surface area contributed by atoms with Crippen LogP contribution in [0.5, 0.6) is 0 Å². The highest BCUT2D eigenvalue weighted by atomic mass is 32.2. The Balaban J connectivity index is 1.10. The maximum absolute atomic E-state index is 6.53. The van der Waals surface area contributed by atoms with Crippen molar-refractivity contribution in [3.63, 3.8) is 0 Å². The topological polar surface area (TPSA) is 16.4 Å². The maximum atomic E-state index is 6.53. The summed E-state index contributed by atoms with van der Waals surface area (Å²) in [7, 11) is 0. The zero-order valence-electron chi connectivity index (χ0n) is 32.2. The van der Waals surface area contributed by atoms with Gasteiger partial charge < -0.3 is 9.32 Å². The molecule has 3 heteroatoms. The number of anilines is 3. The van der Waals surface area contributed by atoms with Gasteiger partial charge in [-0.15, -0.1) is 0 Å². The molecule has 2 aliphatic rings. The molecule has 2 heterocycles. The van der Waals surface area contributed by atoms with Crippen molar-refractivity contribution in [2.75, 3.05) is 4.90 Å². The smallest absolute Gasteiger partial charge is 0.137 e. The lowest BCUT2D eigenvalue weighted by molar-refractivity contribution is 0.668. The van der Waals surface area contributed by atoms with E-state index in [0.717, 1.165) is 39.7 Å². The van der Waals surface area contributed by atoms with Crippen LogP contribution in [-0.2, 0) is 11.8 Å². The minimum Gasteiger partial charge on any atom is -0.456 e. The summed E-state index contributed by atoms with van der Waals surface area (Å²) in [6.45, 7) is 0. The van der Waals surface area contributed by atoms with Crippen LogP contribution in [0.4, 0.5) is 17.1 Å². The first kappa shape index (κ1) is 34.0. The Hall–Kier alpha value is -7.07. The van der Waals surface area contributed by atoms with E-state index in [-0.39, 0.29) is 0 Å². The van der Waals surface area contributed by atoms with Crippen molar-refractivity contribution < 1.29 is 4.42 Å². The van der Waals surface area contributed by atoms with Gasteiger partial charge in [0.1, 0.15) is 11.2 Å². The quantitative estimate of drug-likeness (QED) is 0.173. The second-order valence-electron chi connectivity index (χ2n) is 15.6. The highest BCUT2D eigenvalue weighted by Crippen LogP contribution is 2.60. The number of fused-ring (bicyclic) bond motifs is 11. The molecular weight excluding hydrogens is 735 g/mol. The van der Waals surface area contributed by atoms with Crippen LogP contribution in [0.25, 0.3) is 44.2 Å². The molecule has 1 spiro atoms. The van der Waals surface area contributed by atoms with E-state index >= 15 is 0 Å². The van der Waals surface area contributed by atoms with Gasteiger partial charge in [0.05, 0.1) is 22.2 Å². The van der Waals surface area contributed by atoms with Gasteiger partial charge in [0.25, 0.3) is 0 Å². The SMILES string of the molecule is c1ccc(-c2ccc(-c3ccc(N(c4cccc5c4Cc4ccccc4C54c5ccccc5Sc5ccccc54)c4cccc5oc6ccccc6c45)cc3)cc2)cc1. The van der Waals surface area contributed by atoms with E-state index in [0.29, 0.717) is 0 Å². The first-order chi connectivity index (χ1) is 29.3. The molecule has 0 saturated heterocycles. The van der Waals surface area contributed by atoms with Gasteiger partial charge in [-0.25, -0.2) is 0 Å². The number of hydrogen-bond acceptors (Lipinski definition) is 3. The van der Waals surface area contributed by atoms with Gasteiger partial charge in [0.2, 0.25) is 0 Å². The van der Waals surface area contributed by atoms with Crippen molar-refractivity contribution in [3.8, 4) is 22.3 Å². The predicted octanol–water partition coefficient (Wildman–Crippen LogP) is 15.1. The highest BCUT2D eigenvalue weighted by molar-refractivity contribution is 7.99. The third-order valence-electron chi connectivity index (χ3n) is 12.5. The molecule has 278 valence electrons. The Labute approximate surface area is 348 Å². The molecule has 10 aromatic rings. The van der Waals surface area contributed by atoms with Crippen LogP contribution in [0.15, 0.2) is 227 Å². The van der Waals surface area contributed by atoms with E-state index in [1.807, 2.05) is 11.8 Å². The zero-order valence-corrected chi connectivity index (χ0v) is 33.0. The molecule has 1 aliphatic carbocycles. The van der Waals surface area contributed by atoms with Gasteiger partial charge in [-0.05, 0) is 104 Å². The molecule has 0 saturated carbocycles. The van der Waals surface area contributed by atoms with E-state index in [1.54, 1.807) is 0 Å². The molecule has 0 fully saturated rings.